The van der Waals surface area contributed by atoms with Crippen molar-refractivity contribution in [1.82, 2.24) is 9.96 Å². The standard InChI is InChI=1S/C4H5NO3.C4H9NO2/c6-3-1-2-4(7)5(3)8;1-5(2)3-4(6)7/h8H,1-2H2;3H2,1-2H3,(H,6,7). The molecule has 2 amide bonds. The van der Waals surface area contributed by atoms with E-state index in [2.05, 4.69) is 0 Å². The summed E-state index contributed by atoms with van der Waals surface area (Å²) in [5.41, 5.74) is 0. The van der Waals surface area contributed by atoms with Crippen LogP contribution in [0, 0.1) is 0 Å². The Kier molecular flexibility index (Phi) is 5.50. The maximum atomic E-state index is 10.2. The molecule has 0 aromatic heterocycles. The van der Waals surface area contributed by atoms with Gasteiger partial charge in [-0.1, -0.05) is 0 Å². The molecule has 1 saturated heterocycles. The summed E-state index contributed by atoms with van der Waals surface area (Å²) in [5.74, 6) is -1.80. The van der Waals surface area contributed by atoms with Crippen LogP contribution in [0.1, 0.15) is 12.8 Å². The van der Waals surface area contributed by atoms with Crippen LogP contribution in [-0.2, 0) is 14.4 Å². The van der Waals surface area contributed by atoms with Crippen molar-refractivity contribution in [1.29, 1.82) is 0 Å². The van der Waals surface area contributed by atoms with Gasteiger partial charge in [-0.15, -0.1) is 0 Å². The third-order valence-electron chi connectivity index (χ3n) is 1.48. The lowest BCUT2D eigenvalue weighted by atomic mass is 10.4. The van der Waals surface area contributed by atoms with Gasteiger partial charge in [0.15, 0.2) is 0 Å². The van der Waals surface area contributed by atoms with Gasteiger partial charge < -0.3 is 5.11 Å². The van der Waals surface area contributed by atoms with E-state index in [9.17, 15) is 14.4 Å². The Morgan fingerprint density at radius 2 is 1.73 bits per heavy atom. The fourth-order valence-corrected chi connectivity index (χ4v) is 0.835. The van der Waals surface area contributed by atoms with Crippen LogP contribution in [0.3, 0.4) is 0 Å². The van der Waals surface area contributed by atoms with Gasteiger partial charge in [0, 0.05) is 12.8 Å². The molecule has 86 valence electrons. The molecule has 0 bridgehead atoms. The molecule has 0 saturated carbocycles. The normalized spacial score (nSPS) is 15.3. The highest BCUT2D eigenvalue weighted by molar-refractivity contribution is 6.00. The van der Waals surface area contributed by atoms with E-state index in [1.165, 1.54) is 0 Å². The van der Waals surface area contributed by atoms with Crippen LogP contribution >= 0.6 is 0 Å². The van der Waals surface area contributed by atoms with Crippen molar-refractivity contribution >= 4 is 17.8 Å². The third kappa shape index (κ3) is 5.76. The zero-order chi connectivity index (χ0) is 12.0. The molecule has 0 radical (unpaired) electrons. The first-order chi connectivity index (χ1) is 6.84. The minimum Gasteiger partial charge on any atom is -0.480 e. The summed E-state index contributed by atoms with van der Waals surface area (Å²) in [5, 5.41) is 16.6. The number of likely N-dealkylation sites (N-methyl/N-ethyl adjacent to an activating group) is 1. The van der Waals surface area contributed by atoms with Gasteiger partial charge in [-0.05, 0) is 14.1 Å². The number of rotatable bonds is 2. The predicted octanol–water partition coefficient (Wildman–Crippen LogP) is -0.843. The Morgan fingerprint density at radius 3 is 1.80 bits per heavy atom. The third-order valence-corrected chi connectivity index (χ3v) is 1.48. The number of imide groups is 1. The molecule has 1 fully saturated rings. The van der Waals surface area contributed by atoms with E-state index in [-0.39, 0.29) is 24.4 Å². The maximum Gasteiger partial charge on any atom is 0.317 e. The monoisotopic (exact) mass is 218 g/mol. The number of carbonyl (C=O) groups excluding carboxylic acids is 2. The number of aliphatic carboxylic acids is 1. The van der Waals surface area contributed by atoms with E-state index in [1.807, 2.05) is 0 Å². The molecule has 0 aliphatic carbocycles. The number of carboxylic acids is 1. The van der Waals surface area contributed by atoms with Crippen LogP contribution in [0.25, 0.3) is 0 Å². The van der Waals surface area contributed by atoms with Crippen molar-refractivity contribution in [3.63, 3.8) is 0 Å². The molecule has 1 aliphatic heterocycles. The Hall–Kier alpha value is -1.47. The van der Waals surface area contributed by atoms with Gasteiger partial charge in [0.1, 0.15) is 0 Å². The molecule has 1 heterocycles. The number of carboxylic acid groups (broad SMARTS) is 1. The largest absolute Gasteiger partial charge is 0.480 e. The fraction of sp³-hybridized carbons (Fsp3) is 0.625. The van der Waals surface area contributed by atoms with Gasteiger partial charge in [0.05, 0.1) is 6.54 Å². The minimum atomic E-state index is -0.787. The number of nitrogens with zero attached hydrogens (tertiary/aromatic N) is 2. The molecule has 0 aromatic carbocycles. The van der Waals surface area contributed by atoms with Crippen LogP contribution < -0.4 is 0 Å². The molecule has 1 rings (SSSR count). The van der Waals surface area contributed by atoms with Gasteiger partial charge >= 0.3 is 5.97 Å². The number of carbonyl (C=O) groups is 3. The summed E-state index contributed by atoms with van der Waals surface area (Å²) >= 11 is 0. The molecule has 2 N–H and O–H groups in total. The van der Waals surface area contributed by atoms with E-state index < -0.39 is 17.8 Å². The first kappa shape index (κ1) is 13.5. The van der Waals surface area contributed by atoms with Crippen LogP contribution in [0.5, 0.6) is 0 Å². The quantitative estimate of drug-likeness (QED) is 0.463. The van der Waals surface area contributed by atoms with Gasteiger partial charge in [-0.3, -0.25) is 24.5 Å². The van der Waals surface area contributed by atoms with Gasteiger partial charge in [-0.25, -0.2) is 0 Å². The highest BCUT2D eigenvalue weighted by Gasteiger charge is 2.26. The molecular formula is C8H14N2O5. The molecule has 0 unspecified atom stereocenters. The second-order valence-electron chi connectivity index (χ2n) is 3.23. The summed E-state index contributed by atoms with van der Waals surface area (Å²) in [7, 11) is 3.43. The van der Waals surface area contributed by atoms with E-state index in [1.54, 1.807) is 19.0 Å². The van der Waals surface area contributed by atoms with E-state index in [4.69, 9.17) is 10.3 Å². The molecule has 7 nitrogen and oxygen atoms in total. The average molecular weight is 218 g/mol. The van der Waals surface area contributed by atoms with Crippen molar-refractivity contribution in [2.75, 3.05) is 20.6 Å². The van der Waals surface area contributed by atoms with Crippen LogP contribution in [0.15, 0.2) is 0 Å². The molecular weight excluding hydrogens is 204 g/mol. The topological polar surface area (TPSA) is 98.2 Å². The highest BCUT2D eigenvalue weighted by Crippen LogP contribution is 2.06. The highest BCUT2D eigenvalue weighted by atomic mass is 16.5. The van der Waals surface area contributed by atoms with Crippen LogP contribution in [-0.4, -0.2) is 58.7 Å². The maximum absolute atomic E-state index is 10.2. The van der Waals surface area contributed by atoms with Crippen LogP contribution in [0.4, 0.5) is 0 Å². The van der Waals surface area contributed by atoms with Gasteiger partial charge in [0.2, 0.25) is 0 Å². The summed E-state index contributed by atoms with van der Waals surface area (Å²) in [6.07, 6.45) is 0.296. The Balaban J connectivity index is 0.000000265. The van der Waals surface area contributed by atoms with Crippen molar-refractivity contribution in [3.05, 3.63) is 0 Å². The zero-order valence-electron chi connectivity index (χ0n) is 8.63. The number of hydrogen-bond donors (Lipinski definition) is 2. The molecule has 0 aromatic rings. The molecule has 1 aliphatic rings. The van der Waals surface area contributed by atoms with E-state index in [0.29, 0.717) is 0 Å². The van der Waals surface area contributed by atoms with Crippen molar-refractivity contribution < 1.29 is 24.7 Å². The van der Waals surface area contributed by atoms with Gasteiger partial charge in [0.25, 0.3) is 11.8 Å². The number of amides is 2. The summed E-state index contributed by atoms with van der Waals surface area (Å²) < 4.78 is 0. The molecule has 0 atom stereocenters. The Labute approximate surface area is 86.8 Å². The SMILES string of the molecule is CN(C)CC(=O)O.O=C1CCC(=O)N1O. The van der Waals surface area contributed by atoms with Crippen molar-refractivity contribution in [3.8, 4) is 0 Å². The first-order valence-corrected chi connectivity index (χ1v) is 4.25. The number of hydroxylamine groups is 2. The fourth-order valence-electron chi connectivity index (χ4n) is 0.835. The van der Waals surface area contributed by atoms with Crippen molar-refractivity contribution in [2.24, 2.45) is 0 Å². The minimum absolute atomic E-state index is 0.111. The second-order valence-corrected chi connectivity index (χ2v) is 3.23. The predicted molar refractivity (Wildman–Crippen MR) is 49.1 cm³/mol. The van der Waals surface area contributed by atoms with E-state index >= 15 is 0 Å². The van der Waals surface area contributed by atoms with Gasteiger partial charge in [-0.2, -0.15) is 5.06 Å². The number of hydrogen-bond acceptors (Lipinski definition) is 5. The molecule has 15 heavy (non-hydrogen) atoms. The van der Waals surface area contributed by atoms with Crippen molar-refractivity contribution in [2.45, 2.75) is 12.8 Å². The Bertz CT molecular complexity index is 248. The zero-order valence-corrected chi connectivity index (χ0v) is 8.63. The Morgan fingerprint density at radius 1 is 1.33 bits per heavy atom. The molecule has 0 spiro atoms. The smallest absolute Gasteiger partial charge is 0.317 e. The average Bonchev–Trinajstić information content (AvgIpc) is 2.35. The molecule has 7 heteroatoms. The van der Waals surface area contributed by atoms with Crippen LogP contribution in [0.2, 0.25) is 0 Å². The lowest BCUT2D eigenvalue weighted by molar-refractivity contribution is -0.171. The first-order valence-electron chi connectivity index (χ1n) is 4.25. The summed E-state index contributed by atoms with van der Waals surface area (Å²) in [6, 6.07) is 0. The summed E-state index contributed by atoms with van der Waals surface area (Å²) in [4.78, 5) is 31.8. The lowest BCUT2D eigenvalue weighted by Crippen LogP contribution is -2.24. The summed E-state index contributed by atoms with van der Waals surface area (Å²) in [6.45, 7) is 0.111. The lowest BCUT2D eigenvalue weighted by Gasteiger charge is -2.01. The van der Waals surface area contributed by atoms with E-state index in [0.717, 1.165) is 0 Å². The second kappa shape index (κ2) is 6.10.